The summed E-state index contributed by atoms with van der Waals surface area (Å²) in [7, 11) is 0. The predicted molar refractivity (Wildman–Crippen MR) is 66.3 cm³/mol. The van der Waals surface area contributed by atoms with Crippen molar-refractivity contribution in [3.8, 4) is 16.9 Å². The summed E-state index contributed by atoms with van der Waals surface area (Å²) in [6.07, 6.45) is 0. The summed E-state index contributed by atoms with van der Waals surface area (Å²) >= 11 is 0. The molecule has 0 N–H and O–H groups in total. The molecule has 4 heteroatoms. The summed E-state index contributed by atoms with van der Waals surface area (Å²) in [4.78, 5) is 10.3. The number of halogens is 2. The third kappa shape index (κ3) is 1.63. The minimum Gasteiger partial charge on any atom is -0.429 e. The molecule has 0 bridgehead atoms. The molecule has 0 saturated heterocycles. The first-order valence-electron chi connectivity index (χ1n) is 5.78. The quantitative estimate of drug-likeness (QED) is 0.770. The van der Waals surface area contributed by atoms with Crippen LogP contribution in [0.2, 0.25) is 0 Å². The number of carbonyl (C=O) groups is 1. The van der Waals surface area contributed by atoms with Crippen molar-refractivity contribution in [1.82, 2.24) is 0 Å². The van der Waals surface area contributed by atoms with Crippen LogP contribution in [0.25, 0.3) is 11.1 Å². The van der Waals surface area contributed by atoms with Crippen molar-refractivity contribution < 1.29 is 18.3 Å². The van der Waals surface area contributed by atoms with Crippen molar-refractivity contribution in [2.24, 2.45) is 0 Å². The van der Waals surface area contributed by atoms with Crippen molar-refractivity contribution >= 4 is 6.47 Å². The van der Waals surface area contributed by atoms with E-state index in [4.69, 9.17) is 4.74 Å². The topological polar surface area (TPSA) is 26.3 Å². The zero-order valence-electron chi connectivity index (χ0n) is 10.1. The third-order valence-corrected chi connectivity index (χ3v) is 3.32. The lowest BCUT2D eigenvalue weighted by Gasteiger charge is -2.12. The minimum atomic E-state index is -3.00. The normalized spacial score (nSPS) is 14.7. The molecule has 1 aliphatic rings. The fourth-order valence-corrected chi connectivity index (χ4v) is 2.45. The summed E-state index contributed by atoms with van der Waals surface area (Å²) in [6, 6.07) is 9.00. The average molecular weight is 260 g/mol. The number of aryl methyl sites for hydroxylation is 1. The van der Waals surface area contributed by atoms with E-state index in [-0.39, 0.29) is 23.3 Å². The van der Waals surface area contributed by atoms with E-state index in [9.17, 15) is 13.6 Å². The lowest BCUT2D eigenvalue weighted by Crippen LogP contribution is -2.10. The van der Waals surface area contributed by atoms with E-state index < -0.39 is 5.92 Å². The molecule has 2 aromatic rings. The highest BCUT2D eigenvalue weighted by Gasteiger charge is 2.44. The van der Waals surface area contributed by atoms with E-state index in [1.807, 2.05) is 6.92 Å². The molecule has 0 atom stereocenters. The highest BCUT2D eigenvalue weighted by molar-refractivity contribution is 5.81. The summed E-state index contributed by atoms with van der Waals surface area (Å²) in [5, 5.41) is 0. The Kier molecular flexibility index (Phi) is 2.42. The van der Waals surface area contributed by atoms with Crippen molar-refractivity contribution in [2.45, 2.75) is 12.8 Å². The first kappa shape index (κ1) is 11.8. The maximum atomic E-state index is 14.3. The fraction of sp³-hybridized carbons (Fsp3) is 0.133. The first-order valence-corrected chi connectivity index (χ1v) is 5.78. The number of fused-ring (bicyclic) bond motifs is 3. The van der Waals surface area contributed by atoms with Crippen molar-refractivity contribution in [2.75, 3.05) is 0 Å². The largest absolute Gasteiger partial charge is 0.429 e. The average Bonchev–Trinajstić information content (AvgIpc) is 2.58. The number of hydrogen-bond donors (Lipinski definition) is 0. The van der Waals surface area contributed by atoms with Crippen LogP contribution in [0.15, 0.2) is 36.4 Å². The maximum absolute atomic E-state index is 14.3. The molecule has 19 heavy (non-hydrogen) atoms. The fourth-order valence-electron chi connectivity index (χ4n) is 2.45. The van der Waals surface area contributed by atoms with Gasteiger partial charge in [0.1, 0.15) is 5.75 Å². The van der Waals surface area contributed by atoms with E-state index >= 15 is 0 Å². The van der Waals surface area contributed by atoms with E-state index in [1.54, 1.807) is 12.1 Å². The molecule has 2 nitrogen and oxygen atoms in total. The smallest absolute Gasteiger partial charge is 0.299 e. The van der Waals surface area contributed by atoms with Gasteiger partial charge in [0, 0.05) is 11.1 Å². The molecule has 0 spiro atoms. The molecule has 0 heterocycles. The second-order valence-electron chi connectivity index (χ2n) is 4.54. The number of hydrogen-bond acceptors (Lipinski definition) is 2. The van der Waals surface area contributed by atoms with Gasteiger partial charge in [-0.3, -0.25) is 4.79 Å². The van der Waals surface area contributed by atoms with Crippen molar-refractivity contribution in [3.05, 3.63) is 53.1 Å². The van der Waals surface area contributed by atoms with Crippen LogP contribution in [0, 0.1) is 6.92 Å². The standard InChI is InChI=1S/C15H10F2O2/c1-9-2-4-13-11(6-9)12-7-10(19-8-18)3-5-14(12)15(13,16)17/h2-8H,1H3. The minimum absolute atomic E-state index is 0.00338. The molecule has 0 fully saturated rings. The number of ether oxygens (including phenoxy) is 1. The van der Waals surface area contributed by atoms with Gasteiger partial charge in [0.05, 0.1) is 0 Å². The summed E-state index contributed by atoms with van der Waals surface area (Å²) < 4.78 is 33.3. The number of carbonyl (C=O) groups excluding carboxylic acids is 1. The molecular formula is C15H10F2O2. The predicted octanol–water partition coefficient (Wildman–Crippen LogP) is 3.65. The van der Waals surface area contributed by atoms with Gasteiger partial charge in [-0.2, -0.15) is 8.78 Å². The first-order chi connectivity index (χ1) is 9.04. The Balaban J connectivity index is 2.27. The Morgan fingerprint density at radius 2 is 1.68 bits per heavy atom. The molecule has 1 aliphatic carbocycles. The van der Waals surface area contributed by atoms with Gasteiger partial charge < -0.3 is 4.74 Å². The Bertz CT molecular complexity index is 678. The Labute approximate surface area is 108 Å². The van der Waals surface area contributed by atoms with Gasteiger partial charge in [0.25, 0.3) is 12.4 Å². The van der Waals surface area contributed by atoms with Gasteiger partial charge in [-0.15, -0.1) is 0 Å². The van der Waals surface area contributed by atoms with Crippen LogP contribution in [0.3, 0.4) is 0 Å². The van der Waals surface area contributed by atoms with Crippen LogP contribution in [-0.4, -0.2) is 6.47 Å². The highest BCUT2D eigenvalue weighted by Crippen LogP contribution is 2.51. The van der Waals surface area contributed by atoms with Crippen LogP contribution in [0.4, 0.5) is 8.78 Å². The lowest BCUT2D eigenvalue weighted by atomic mass is 10.0. The second kappa shape index (κ2) is 3.88. The zero-order chi connectivity index (χ0) is 13.6. The molecular weight excluding hydrogens is 250 g/mol. The third-order valence-electron chi connectivity index (χ3n) is 3.32. The van der Waals surface area contributed by atoms with Crippen molar-refractivity contribution in [3.63, 3.8) is 0 Å². The van der Waals surface area contributed by atoms with Gasteiger partial charge in [0.15, 0.2) is 0 Å². The number of rotatable bonds is 2. The molecule has 2 aromatic carbocycles. The summed E-state index contributed by atoms with van der Waals surface area (Å²) in [5.41, 5.74) is 1.77. The maximum Gasteiger partial charge on any atom is 0.299 e. The second-order valence-corrected chi connectivity index (χ2v) is 4.54. The number of alkyl halides is 2. The van der Waals surface area contributed by atoms with Crippen LogP contribution >= 0.6 is 0 Å². The van der Waals surface area contributed by atoms with E-state index in [0.29, 0.717) is 11.1 Å². The molecule has 0 amide bonds. The van der Waals surface area contributed by atoms with Crippen LogP contribution < -0.4 is 4.74 Å². The SMILES string of the molecule is Cc1ccc2c(c1)-c1cc(OC=O)ccc1C2(F)F. The molecule has 0 aliphatic heterocycles. The zero-order valence-corrected chi connectivity index (χ0v) is 10.1. The number of benzene rings is 2. The van der Waals surface area contributed by atoms with Crippen LogP contribution in [0.5, 0.6) is 5.75 Å². The van der Waals surface area contributed by atoms with Gasteiger partial charge in [-0.05, 0) is 36.2 Å². The molecule has 0 saturated carbocycles. The molecule has 0 radical (unpaired) electrons. The Hall–Kier alpha value is -2.23. The van der Waals surface area contributed by atoms with Gasteiger partial charge in [-0.1, -0.05) is 23.8 Å². The molecule has 0 unspecified atom stereocenters. The highest BCUT2D eigenvalue weighted by atomic mass is 19.3. The van der Waals surface area contributed by atoms with Gasteiger partial charge in [0.2, 0.25) is 0 Å². The van der Waals surface area contributed by atoms with E-state index in [2.05, 4.69) is 0 Å². The molecule has 3 rings (SSSR count). The van der Waals surface area contributed by atoms with E-state index in [1.165, 1.54) is 24.3 Å². The summed E-state index contributed by atoms with van der Waals surface area (Å²) in [5.74, 6) is -2.74. The monoisotopic (exact) mass is 260 g/mol. The Morgan fingerprint density at radius 3 is 2.37 bits per heavy atom. The lowest BCUT2D eigenvalue weighted by molar-refractivity contribution is -0.120. The molecule has 0 aromatic heterocycles. The van der Waals surface area contributed by atoms with Crippen LogP contribution in [0.1, 0.15) is 16.7 Å². The van der Waals surface area contributed by atoms with E-state index in [0.717, 1.165) is 5.56 Å². The van der Waals surface area contributed by atoms with Gasteiger partial charge >= 0.3 is 0 Å². The van der Waals surface area contributed by atoms with Gasteiger partial charge in [-0.25, -0.2) is 0 Å². The summed E-state index contributed by atoms with van der Waals surface area (Å²) in [6.45, 7) is 2.13. The van der Waals surface area contributed by atoms with Crippen molar-refractivity contribution in [1.29, 1.82) is 0 Å². The molecule has 96 valence electrons. The van der Waals surface area contributed by atoms with Crippen LogP contribution in [-0.2, 0) is 10.7 Å². The Morgan fingerprint density at radius 1 is 1.05 bits per heavy atom.